The highest BCUT2D eigenvalue weighted by atomic mass is 32.2. The van der Waals surface area contributed by atoms with E-state index in [1.165, 1.54) is 7.05 Å². The van der Waals surface area contributed by atoms with E-state index in [0.29, 0.717) is 19.7 Å². The number of nitrogens with zero attached hydrogens (tertiary/aromatic N) is 1. The maximum absolute atomic E-state index is 12.8. The molecule has 2 aliphatic heterocycles. The van der Waals surface area contributed by atoms with Gasteiger partial charge >= 0.3 is 6.03 Å². The van der Waals surface area contributed by atoms with Crippen LogP contribution in [0.2, 0.25) is 0 Å². The predicted molar refractivity (Wildman–Crippen MR) is 99.7 cm³/mol. The molecule has 1 unspecified atom stereocenters. The molecule has 0 spiro atoms. The molecule has 26 heavy (non-hydrogen) atoms. The van der Waals surface area contributed by atoms with Gasteiger partial charge in [0, 0.05) is 25.1 Å². The zero-order valence-electron chi connectivity index (χ0n) is 15.3. The van der Waals surface area contributed by atoms with Gasteiger partial charge in [-0.25, -0.2) is 17.9 Å². The van der Waals surface area contributed by atoms with Crippen molar-refractivity contribution in [3.8, 4) is 5.75 Å². The monoisotopic (exact) mass is 381 g/mol. The van der Waals surface area contributed by atoms with Crippen LogP contribution in [0.4, 0.5) is 4.79 Å². The number of nitrogens with one attached hydrogen (secondary N) is 2. The van der Waals surface area contributed by atoms with E-state index in [1.807, 2.05) is 25.1 Å². The molecule has 1 aromatic rings. The number of urea groups is 1. The highest BCUT2D eigenvalue weighted by molar-refractivity contribution is 7.89. The van der Waals surface area contributed by atoms with Gasteiger partial charge < -0.3 is 15.0 Å². The average molecular weight is 381 g/mol. The van der Waals surface area contributed by atoms with E-state index in [1.54, 1.807) is 4.90 Å². The molecule has 1 fully saturated rings. The van der Waals surface area contributed by atoms with E-state index in [9.17, 15) is 13.2 Å². The number of sulfonamides is 1. The Hall–Kier alpha value is -1.80. The van der Waals surface area contributed by atoms with Crippen LogP contribution in [0.1, 0.15) is 36.4 Å². The lowest BCUT2D eigenvalue weighted by molar-refractivity contribution is 0.162. The molecule has 144 valence electrons. The topological polar surface area (TPSA) is 87.7 Å². The third kappa shape index (κ3) is 4.29. The maximum atomic E-state index is 12.8. The average Bonchev–Trinajstić information content (AvgIpc) is 2.62. The molecule has 0 aromatic heterocycles. The van der Waals surface area contributed by atoms with E-state index in [4.69, 9.17) is 4.74 Å². The summed E-state index contributed by atoms with van der Waals surface area (Å²) in [4.78, 5) is 14.5. The van der Waals surface area contributed by atoms with Gasteiger partial charge in [-0.3, -0.25) is 0 Å². The summed E-state index contributed by atoms with van der Waals surface area (Å²) in [6.45, 7) is 3.70. The summed E-state index contributed by atoms with van der Waals surface area (Å²) >= 11 is 0. The fourth-order valence-corrected chi connectivity index (χ4v) is 4.81. The number of amides is 2. The largest absolute Gasteiger partial charge is 0.493 e. The first-order valence-electron chi connectivity index (χ1n) is 9.08. The number of para-hydroxylation sites is 1. The van der Waals surface area contributed by atoms with Gasteiger partial charge in [-0.1, -0.05) is 18.2 Å². The Morgan fingerprint density at radius 3 is 2.92 bits per heavy atom. The fraction of sp³-hybridized carbons (Fsp3) is 0.611. The van der Waals surface area contributed by atoms with E-state index >= 15 is 0 Å². The van der Waals surface area contributed by atoms with Crippen LogP contribution >= 0.6 is 0 Å². The standard InChI is InChI=1S/C18H27N3O4S/c1-13-5-3-7-15-16(8-10-25-17(13)15)20-18(22)21-9-4-6-14(11-21)12-26(23,24)19-2/h3,5,7,14,16,19H,4,6,8-12H2,1-2H3,(H,20,22)/t14?,16-/m1/s1. The van der Waals surface area contributed by atoms with Crippen molar-refractivity contribution in [2.45, 2.75) is 32.2 Å². The molecule has 1 saturated heterocycles. The van der Waals surface area contributed by atoms with Crippen molar-refractivity contribution in [1.29, 1.82) is 0 Å². The summed E-state index contributed by atoms with van der Waals surface area (Å²) in [6, 6.07) is 5.76. The number of benzene rings is 1. The van der Waals surface area contributed by atoms with Crippen molar-refractivity contribution in [1.82, 2.24) is 14.9 Å². The van der Waals surface area contributed by atoms with Crippen molar-refractivity contribution >= 4 is 16.1 Å². The quantitative estimate of drug-likeness (QED) is 0.832. The van der Waals surface area contributed by atoms with Gasteiger partial charge in [-0.15, -0.1) is 0 Å². The van der Waals surface area contributed by atoms with E-state index in [0.717, 1.165) is 36.1 Å². The number of hydrogen-bond donors (Lipinski definition) is 2. The van der Waals surface area contributed by atoms with Crippen molar-refractivity contribution in [3.63, 3.8) is 0 Å². The molecule has 2 heterocycles. The van der Waals surface area contributed by atoms with E-state index in [-0.39, 0.29) is 23.7 Å². The molecule has 3 rings (SSSR count). The third-order valence-electron chi connectivity index (χ3n) is 5.14. The Bertz CT molecular complexity index is 766. The molecule has 7 nitrogen and oxygen atoms in total. The lowest BCUT2D eigenvalue weighted by Crippen LogP contribution is -2.48. The van der Waals surface area contributed by atoms with Crippen molar-refractivity contribution in [2.24, 2.45) is 5.92 Å². The molecule has 0 bridgehead atoms. The molecular weight excluding hydrogens is 354 g/mol. The number of hydrogen-bond acceptors (Lipinski definition) is 4. The first-order valence-corrected chi connectivity index (χ1v) is 10.7. The van der Waals surface area contributed by atoms with Gasteiger partial charge in [-0.05, 0) is 38.3 Å². The normalized spacial score (nSPS) is 23.1. The second-order valence-corrected chi connectivity index (χ2v) is 9.04. The number of likely N-dealkylation sites (tertiary alicyclic amines) is 1. The molecule has 2 atom stereocenters. The molecule has 0 radical (unpaired) electrons. The maximum Gasteiger partial charge on any atom is 0.317 e. The minimum atomic E-state index is -3.27. The van der Waals surface area contributed by atoms with Crippen LogP contribution in [0.25, 0.3) is 0 Å². The number of carbonyl (C=O) groups is 1. The Morgan fingerprint density at radius 1 is 1.35 bits per heavy atom. The Labute approximate surface area is 155 Å². The van der Waals surface area contributed by atoms with Crippen molar-refractivity contribution in [2.75, 3.05) is 32.5 Å². The summed E-state index contributed by atoms with van der Waals surface area (Å²) < 4.78 is 31.7. The molecule has 1 aromatic carbocycles. The number of carbonyl (C=O) groups excluding carboxylic acids is 1. The Morgan fingerprint density at radius 2 is 2.15 bits per heavy atom. The van der Waals surface area contributed by atoms with Crippen molar-refractivity contribution < 1.29 is 17.9 Å². The summed E-state index contributed by atoms with van der Waals surface area (Å²) in [7, 11) is -1.84. The molecular formula is C18H27N3O4S. The fourth-order valence-electron chi connectivity index (χ4n) is 3.75. The van der Waals surface area contributed by atoms with Crippen LogP contribution in [-0.2, 0) is 10.0 Å². The third-order valence-corrected chi connectivity index (χ3v) is 6.67. The lowest BCUT2D eigenvalue weighted by Gasteiger charge is -2.35. The van der Waals surface area contributed by atoms with Crippen LogP contribution in [0.3, 0.4) is 0 Å². The summed E-state index contributed by atoms with van der Waals surface area (Å²) in [6.07, 6.45) is 2.37. The summed E-state index contributed by atoms with van der Waals surface area (Å²) in [5, 5.41) is 3.11. The number of aryl methyl sites for hydroxylation is 1. The van der Waals surface area contributed by atoms with Gasteiger partial charge in [-0.2, -0.15) is 0 Å². The predicted octanol–water partition coefficient (Wildman–Crippen LogP) is 1.79. The highest BCUT2D eigenvalue weighted by Crippen LogP contribution is 2.34. The van der Waals surface area contributed by atoms with Gasteiger partial charge in [0.15, 0.2) is 0 Å². The van der Waals surface area contributed by atoms with Gasteiger partial charge in [0.25, 0.3) is 0 Å². The first kappa shape index (κ1) is 19.0. The molecule has 8 heteroatoms. The van der Waals surface area contributed by atoms with Crippen LogP contribution < -0.4 is 14.8 Å². The van der Waals surface area contributed by atoms with Crippen LogP contribution in [0, 0.1) is 12.8 Å². The number of piperidine rings is 1. The lowest BCUT2D eigenvalue weighted by atomic mass is 9.97. The minimum absolute atomic E-state index is 0.0313. The van der Waals surface area contributed by atoms with Gasteiger partial charge in [0.1, 0.15) is 5.75 Å². The Kier molecular flexibility index (Phi) is 5.72. The smallest absolute Gasteiger partial charge is 0.317 e. The molecule has 0 aliphatic carbocycles. The molecule has 0 saturated carbocycles. The molecule has 2 amide bonds. The van der Waals surface area contributed by atoms with Crippen LogP contribution in [-0.4, -0.2) is 51.8 Å². The van der Waals surface area contributed by atoms with Gasteiger partial charge in [0.2, 0.25) is 10.0 Å². The minimum Gasteiger partial charge on any atom is -0.493 e. The number of fused-ring (bicyclic) bond motifs is 1. The Balaban J connectivity index is 1.65. The first-order chi connectivity index (χ1) is 12.4. The van der Waals surface area contributed by atoms with Gasteiger partial charge in [0.05, 0.1) is 18.4 Å². The molecule has 2 N–H and O–H groups in total. The van der Waals surface area contributed by atoms with Crippen molar-refractivity contribution in [3.05, 3.63) is 29.3 Å². The number of ether oxygens (including phenoxy) is 1. The molecule has 2 aliphatic rings. The van der Waals surface area contributed by atoms with E-state index < -0.39 is 10.0 Å². The zero-order chi connectivity index (χ0) is 18.7. The summed E-state index contributed by atoms with van der Waals surface area (Å²) in [5.74, 6) is 0.893. The second kappa shape index (κ2) is 7.84. The second-order valence-electron chi connectivity index (χ2n) is 7.07. The van der Waals surface area contributed by atoms with Crippen LogP contribution in [0.15, 0.2) is 18.2 Å². The zero-order valence-corrected chi connectivity index (χ0v) is 16.1. The van der Waals surface area contributed by atoms with E-state index in [2.05, 4.69) is 10.0 Å². The highest BCUT2D eigenvalue weighted by Gasteiger charge is 2.30. The number of rotatable bonds is 4. The SMILES string of the molecule is CNS(=O)(=O)CC1CCCN(C(=O)N[C@@H]2CCOc3c(C)cccc32)C1. The summed E-state index contributed by atoms with van der Waals surface area (Å²) in [5.41, 5.74) is 2.08. The van der Waals surface area contributed by atoms with Crippen LogP contribution in [0.5, 0.6) is 5.75 Å².